The lowest BCUT2D eigenvalue weighted by molar-refractivity contribution is -0.121. The zero-order valence-electron chi connectivity index (χ0n) is 25.7. The van der Waals surface area contributed by atoms with E-state index in [4.69, 9.17) is 9.97 Å². The van der Waals surface area contributed by atoms with E-state index in [-0.39, 0.29) is 5.91 Å². The Labute approximate surface area is 259 Å². The third-order valence-corrected chi connectivity index (χ3v) is 8.20. The van der Waals surface area contributed by atoms with Crippen molar-refractivity contribution in [3.05, 3.63) is 143 Å². The molecule has 4 aromatic carbocycles. The number of nitrogens with zero attached hydrogens (tertiary/aromatic N) is 3. The van der Waals surface area contributed by atoms with Crippen LogP contribution in [-0.4, -0.2) is 20.4 Å². The summed E-state index contributed by atoms with van der Waals surface area (Å²) in [5.74, 6) is 1.10. The highest BCUT2D eigenvalue weighted by Crippen LogP contribution is 2.31. The van der Waals surface area contributed by atoms with Gasteiger partial charge in [0.2, 0.25) is 5.91 Å². The average molecular weight is 579 g/mol. The third kappa shape index (κ3) is 6.47. The van der Waals surface area contributed by atoms with Crippen molar-refractivity contribution >= 4 is 17.1 Å². The quantitative estimate of drug-likeness (QED) is 0.178. The summed E-state index contributed by atoms with van der Waals surface area (Å²) in [6.45, 7) is 7.48. The van der Waals surface area contributed by atoms with Gasteiger partial charge >= 0.3 is 0 Å². The number of nitrogens with one attached hydrogen (secondary N) is 1. The zero-order chi connectivity index (χ0) is 30.5. The number of carbonyl (C=O) groups excluding carboxylic acids is 1. The first kappa shape index (κ1) is 29.1. The predicted molar refractivity (Wildman–Crippen MR) is 179 cm³/mol. The highest BCUT2D eigenvalue weighted by atomic mass is 16.1. The maximum atomic E-state index is 12.8. The fourth-order valence-corrected chi connectivity index (χ4v) is 5.85. The lowest BCUT2D eigenvalue weighted by atomic mass is 9.94. The molecule has 5 heteroatoms. The molecule has 0 unspecified atom stereocenters. The molecule has 5 nitrogen and oxygen atoms in total. The van der Waals surface area contributed by atoms with Crippen LogP contribution < -0.4 is 5.32 Å². The fourth-order valence-electron chi connectivity index (χ4n) is 5.85. The zero-order valence-corrected chi connectivity index (χ0v) is 25.7. The van der Waals surface area contributed by atoms with E-state index in [2.05, 4.69) is 109 Å². The Bertz CT molecular complexity index is 1890. The molecule has 1 N–H and O–H groups in total. The Hall–Kier alpha value is -5.03. The van der Waals surface area contributed by atoms with E-state index in [9.17, 15) is 4.79 Å². The van der Waals surface area contributed by atoms with Crippen molar-refractivity contribution in [1.29, 1.82) is 0 Å². The minimum atomic E-state index is 0.0562. The van der Waals surface area contributed by atoms with Gasteiger partial charge in [0.1, 0.15) is 11.3 Å². The molecule has 0 aliphatic rings. The number of aryl methyl sites for hydroxylation is 4. The first-order valence-corrected chi connectivity index (χ1v) is 15.4. The Morgan fingerprint density at radius 1 is 0.750 bits per heavy atom. The van der Waals surface area contributed by atoms with Crippen LogP contribution in [0, 0.1) is 13.8 Å². The molecular formula is C39H38N4O. The number of carbonyl (C=O) groups is 1. The minimum Gasteiger partial charge on any atom is -0.352 e. The van der Waals surface area contributed by atoms with Crippen LogP contribution in [0.3, 0.4) is 0 Å². The van der Waals surface area contributed by atoms with Gasteiger partial charge in [0.05, 0.1) is 6.54 Å². The molecule has 0 spiro atoms. The molecule has 6 aromatic rings. The van der Waals surface area contributed by atoms with Crippen LogP contribution in [0.15, 0.2) is 109 Å². The Morgan fingerprint density at radius 2 is 1.45 bits per heavy atom. The molecule has 1 amide bonds. The normalized spacial score (nSPS) is 11.2. The molecule has 220 valence electrons. The summed E-state index contributed by atoms with van der Waals surface area (Å²) in [6.07, 6.45) is 2.04. The van der Waals surface area contributed by atoms with Gasteiger partial charge < -0.3 is 9.88 Å². The Kier molecular flexibility index (Phi) is 8.64. The number of aromatic nitrogens is 3. The summed E-state index contributed by atoms with van der Waals surface area (Å²) >= 11 is 0. The number of amides is 1. The first-order chi connectivity index (χ1) is 21.5. The van der Waals surface area contributed by atoms with Gasteiger partial charge in [-0.1, -0.05) is 104 Å². The maximum absolute atomic E-state index is 12.8. The minimum absolute atomic E-state index is 0.0562. The molecule has 6 rings (SSSR count). The van der Waals surface area contributed by atoms with Crippen LogP contribution >= 0.6 is 0 Å². The molecule has 2 aromatic heterocycles. The fraction of sp³-hybridized carbons (Fsp3) is 0.205. The smallest absolute Gasteiger partial charge is 0.220 e. The van der Waals surface area contributed by atoms with Crippen LogP contribution in [0.25, 0.3) is 33.4 Å². The van der Waals surface area contributed by atoms with Crippen molar-refractivity contribution in [2.24, 2.45) is 0 Å². The molecule has 0 aliphatic carbocycles. The molecule has 0 radical (unpaired) electrons. The predicted octanol–water partition coefficient (Wildman–Crippen LogP) is 8.24. The topological polar surface area (TPSA) is 59.8 Å². The Balaban J connectivity index is 1.26. The largest absolute Gasteiger partial charge is 0.352 e. The molecule has 2 heterocycles. The Morgan fingerprint density at radius 3 is 2.18 bits per heavy atom. The van der Waals surface area contributed by atoms with Gasteiger partial charge in [-0.3, -0.25) is 4.79 Å². The van der Waals surface area contributed by atoms with E-state index in [1.165, 1.54) is 16.7 Å². The summed E-state index contributed by atoms with van der Waals surface area (Å²) in [4.78, 5) is 22.5. The highest BCUT2D eigenvalue weighted by molar-refractivity contribution is 5.79. The second kappa shape index (κ2) is 13.1. The second-order valence-electron chi connectivity index (χ2n) is 11.4. The standard InChI is InChI=1S/C39H38N4O/c1-4-36-42-38-27(2)23-28(3)41-39(38)43(36)26-30-15-18-32(19-16-30)35-24-33(31-13-9-6-10-14-31)20-21-34(35)25-40-37(44)22-17-29-11-7-5-8-12-29/h5-16,18-21,23-24H,4,17,22,25-26H2,1-3H3,(H,40,44). The van der Waals surface area contributed by atoms with Gasteiger partial charge in [-0.05, 0) is 76.9 Å². The average Bonchev–Trinajstić information content (AvgIpc) is 3.41. The molecule has 0 aliphatic heterocycles. The molecule has 44 heavy (non-hydrogen) atoms. The second-order valence-corrected chi connectivity index (χ2v) is 11.4. The van der Waals surface area contributed by atoms with Crippen molar-refractivity contribution in [3.63, 3.8) is 0 Å². The van der Waals surface area contributed by atoms with Crippen LogP contribution in [0.5, 0.6) is 0 Å². The van der Waals surface area contributed by atoms with E-state index in [0.29, 0.717) is 19.5 Å². The van der Waals surface area contributed by atoms with Crippen molar-refractivity contribution in [1.82, 2.24) is 19.9 Å². The van der Waals surface area contributed by atoms with Crippen LogP contribution in [0.2, 0.25) is 0 Å². The van der Waals surface area contributed by atoms with Crippen LogP contribution in [-0.2, 0) is 30.7 Å². The number of benzene rings is 4. The summed E-state index contributed by atoms with van der Waals surface area (Å²) < 4.78 is 2.25. The van der Waals surface area contributed by atoms with Crippen LogP contribution in [0.4, 0.5) is 0 Å². The van der Waals surface area contributed by atoms with E-state index in [1.807, 2.05) is 31.2 Å². The monoisotopic (exact) mass is 578 g/mol. The van der Waals surface area contributed by atoms with Crippen LogP contribution in [0.1, 0.15) is 47.1 Å². The molecule has 0 bridgehead atoms. The lowest BCUT2D eigenvalue weighted by Crippen LogP contribution is -2.23. The number of fused-ring (bicyclic) bond motifs is 1. The molecule has 0 saturated carbocycles. The summed E-state index contributed by atoms with van der Waals surface area (Å²) in [7, 11) is 0. The van der Waals surface area contributed by atoms with E-state index in [1.54, 1.807) is 0 Å². The molecule has 0 saturated heterocycles. The SMILES string of the molecule is CCc1nc2c(C)cc(C)nc2n1Cc1ccc(-c2cc(-c3ccccc3)ccc2CNC(=O)CCc2ccccc2)cc1. The number of pyridine rings is 1. The van der Waals surface area contributed by atoms with Crippen molar-refractivity contribution in [2.45, 2.75) is 53.1 Å². The van der Waals surface area contributed by atoms with Crippen molar-refractivity contribution < 1.29 is 4.79 Å². The third-order valence-electron chi connectivity index (χ3n) is 8.20. The van der Waals surface area contributed by atoms with Gasteiger partial charge in [-0.15, -0.1) is 0 Å². The molecular weight excluding hydrogens is 540 g/mol. The lowest BCUT2D eigenvalue weighted by Gasteiger charge is -2.15. The summed E-state index contributed by atoms with van der Waals surface area (Å²) in [5.41, 5.74) is 12.1. The van der Waals surface area contributed by atoms with Crippen molar-refractivity contribution in [2.75, 3.05) is 0 Å². The summed E-state index contributed by atoms with van der Waals surface area (Å²) in [6, 6.07) is 38.0. The number of imidazole rings is 1. The molecule has 0 fully saturated rings. The van der Waals surface area contributed by atoms with Gasteiger partial charge in [-0.2, -0.15) is 0 Å². The maximum Gasteiger partial charge on any atom is 0.220 e. The number of rotatable bonds is 10. The number of hydrogen-bond donors (Lipinski definition) is 1. The van der Waals surface area contributed by atoms with E-state index < -0.39 is 0 Å². The van der Waals surface area contributed by atoms with E-state index >= 15 is 0 Å². The van der Waals surface area contributed by atoms with E-state index in [0.717, 1.165) is 63.3 Å². The molecule has 0 atom stereocenters. The van der Waals surface area contributed by atoms with Gasteiger partial charge in [0, 0.05) is 25.1 Å². The summed E-state index contributed by atoms with van der Waals surface area (Å²) in [5, 5.41) is 3.16. The van der Waals surface area contributed by atoms with Gasteiger partial charge in [-0.25, -0.2) is 9.97 Å². The number of hydrogen-bond acceptors (Lipinski definition) is 3. The first-order valence-electron chi connectivity index (χ1n) is 15.4. The van der Waals surface area contributed by atoms with Gasteiger partial charge in [0.25, 0.3) is 0 Å². The van der Waals surface area contributed by atoms with Gasteiger partial charge in [0.15, 0.2) is 5.65 Å². The highest BCUT2D eigenvalue weighted by Gasteiger charge is 2.15. The van der Waals surface area contributed by atoms with Crippen molar-refractivity contribution in [3.8, 4) is 22.3 Å².